The van der Waals surface area contributed by atoms with Crippen molar-refractivity contribution >= 4 is 55.5 Å². The van der Waals surface area contributed by atoms with Crippen molar-refractivity contribution in [2.24, 2.45) is 0 Å². The second-order valence-corrected chi connectivity index (χ2v) is 7.01. The molecule has 0 aliphatic heterocycles. The van der Waals surface area contributed by atoms with Crippen LogP contribution in [-0.4, -0.2) is 23.2 Å². The van der Waals surface area contributed by atoms with Gasteiger partial charge in [-0.05, 0) is 45.6 Å². The van der Waals surface area contributed by atoms with Crippen LogP contribution >= 0.6 is 27.3 Å². The van der Waals surface area contributed by atoms with Crippen LogP contribution in [-0.2, 0) is 0 Å². The van der Waals surface area contributed by atoms with Gasteiger partial charge in [0, 0.05) is 10.3 Å². The van der Waals surface area contributed by atoms with E-state index in [0.717, 1.165) is 10.1 Å². The molecule has 0 spiro atoms. The summed E-state index contributed by atoms with van der Waals surface area (Å²) in [4.78, 5) is 35.7. The summed E-state index contributed by atoms with van der Waals surface area (Å²) in [6.07, 6.45) is 0.437. The molecule has 0 saturated heterocycles. The lowest BCUT2D eigenvalue weighted by Gasteiger charge is -2.08. The topological polar surface area (TPSA) is 95.5 Å². The molecule has 1 aromatic heterocycles. The van der Waals surface area contributed by atoms with Crippen LogP contribution in [0.25, 0.3) is 10.1 Å². The van der Waals surface area contributed by atoms with Crippen molar-refractivity contribution < 1.29 is 19.5 Å². The molecular weight excluding hydrogens is 408 g/mol. The smallest absolute Gasteiger partial charge is 0.279 e. The van der Waals surface area contributed by atoms with Crippen LogP contribution in [0.2, 0.25) is 0 Å². The summed E-state index contributed by atoms with van der Waals surface area (Å²) in [6, 6.07) is 11.9. The fourth-order valence-electron chi connectivity index (χ4n) is 2.18. The first-order valence-electron chi connectivity index (χ1n) is 7.06. The Balaban J connectivity index is 1.72. The van der Waals surface area contributed by atoms with Gasteiger partial charge in [-0.3, -0.25) is 25.2 Å². The zero-order valence-corrected chi connectivity index (χ0v) is 15.0. The molecule has 25 heavy (non-hydrogen) atoms. The molecule has 2 aromatic carbocycles. The van der Waals surface area contributed by atoms with Gasteiger partial charge in [0.15, 0.2) is 6.29 Å². The first kappa shape index (κ1) is 17.1. The van der Waals surface area contributed by atoms with Gasteiger partial charge < -0.3 is 5.11 Å². The molecule has 0 bridgehead atoms. The first-order chi connectivity index (χ1) is 12.0. The maximum absolute atomic E-state index is 12.2. The number of phenolic OH excluding ortho intramolecular Hbond substituents is 1. The zero-order chi connectivity index (χ0) is 18.0. The molecule has 3 rings (SSSR count). The standard InChI is InChI=1S/C17H11BrN2O4S/c18-12-6-10(5-11(8-21)15(12)22)16(23)19-20-17(24)14-7-9-3-1-2-4-13(9)25-14/h1-8,22H,(H,19,23)(H,20,24). The van der Waals surface area contributed by atoms with Gasteiger partial charge in [-0.2, -0.15) is 0 Å². The van der Waals surface area contributed by atoms with E-state index in [1.54, 1.807) is 6.07 Å². The molecule has 0 saturated carbocycles. The lowest BCUT2D eigenvalue weighted by atomic mass is 10.1. The second-order valence-electron chi connectivity index (χ2n) is 5.07. The van der Waals surface area contributed by atoms with Crippen molar-refractivity contribution in [2.45, 2.75) is 0 Å². The minimum Gasteiger partial charge on any atom is -0.506 e. The molecular formula is C17H11BrN2O4S. The lowest BCUT2D eigenvalue weighted by Crippen LogP contribution is -2.41. The Kier molecular flexibility index (Phi) is 4.82. The molecule has 3 aromatic rings. The van der Waals surface area contributed by atoms with Gasteiger partial charge in [-0.15, -0.1) is 11.3 Å². The van der Waals surface area contributed by atoms with Gasteiger partial charge in [-0.25, -0.2) is 0 Å². The minimum atomic E-state index is -0.613. The van der Waals surface area contributed by atoms with Crippen LogP contribution in [0.3, 0.4) is 0 Å². The number of hydrogen-bond acceptors (Lipinski definition) is 5. The monoisotopic (exact) mass is 418 g/mol. The number of amides is 2. The van der Waals surface area contributed by atoms with E-state index in [1.165, 1.54) is 23.5 Å². The Morgan fingerprint density at radius 3 is 2.52 bits per heavy atom. The van der Waals surface area contributed by atoms with Crippen LogP contribution in [0.1, 0.15) is 30.4 Å². The van der Waals surface area contributed by atoms with Gasteiger partial charge in [0.2, 0.25) is 0 Å². The fourth-order valence-corrected chi connectivity index (χ4v) is 3.62. The number of hydrazine groups is 1. The fraction of sp³-hybridized carbons (Fsp3) is 0. The normalized spacial score (nSPS) is 10.4. The number of benzene rings is 2. The Labute approximate surface area is 154 Å². The predicted molar refractivity (Wildman–Crippen MR) is 98.0 cm³/mol. The number of phenols is 1. The molecule has 6 nitrogen and oxygen atoms in total. The molecule has 0 unspecified atom stereocenters. The van der Waals surface area contributed by atoms with E-state index < -0.39 is 11.8 Å². The summed E-state index contributed by atoms with van der Waals surface area (Å²) >= 11 is 4.38. The number of carbonyl (C=O) groups is 3. The SMILES string of the molecule is O=Cc1cc(C(=O)NNC(=O)c2cc3ccccc3s2)cc(Br)c1O. The van der Waals surface area contributed by atoms with Crippen molar-refractivity contribution in [3.8, 4) is 5.75 Å². The largest absolute Gasteiger partial charge is 0.506 e. The maximum atomic E-state index is 12.2. The highest BCUT2D eigenvalue weighted by atomic mass is 79.9. The number of carbonyl (C=O) groups excluding carboxylic acids is 3. The summed E-state index contributed by atoms with van der Waals surface area (Å²) in [5.74, 6) is -1.30. The van der Waals surface area contributed by atoms with Gasteiger partial charge >= 0.3 is 0 Å². The molecule has 2 amide bonds. The third-order valence-corrected chi connectivity index (χ3v) is 5.14. The molecule has 0 atom stereocenters. The Hall–Kier alpha value is -2.71. The van der Waals surface area contributed by atoms with E-state index in [1.807, 2.05) is 24.3 Å². The van der Waals surface area contributed by atoms with Crippen LogP contribution in [0.15, 0.2) is 46.9 Å². The van der Waals surface area contributed by atoms with Crippen molar-refractivity contribution in [1.29, 1.82) is 0 Å². The van der Waals surface area contributed by atoms with E-state index >= 15 is 0 Å². The number of thiophene rings is 1. The Morgan fingerprint density at radius 1 is 1.08 bits per heavy atom. The van der Waals surface area contributed by atoms with E-state index in [9.17, 15) is 19.5 Å². The van der Waals surface area contributed by atoms with Crippen LogP contribution in [0, 0.1) is 0 Å². The number of halogens is 1. The number of nitrogens with one attached hydrogen (secondary N) is 2. The summed E-state index contributed by atoms with van der Waals surface area (Å²) in [6.45, 7) is 0. The van der Waals surface area contributed by atoms with Crippen LogP contribution < -0.4 is 10.9 Å². The third-order valence-electron chi connectivity index (χ3n) is 3.42. The lowest BCUT2D eigenvalue weighted by molar-refractivity contribution is 0.0849. The average molecular weight is 419 g/mol. The predicted octanol–water partition coefficient (Wildman–Crippen LogP) is 3.26. The number of hydrogen-bond donors (Lipinski definition) is 3. The molecule has 126 valence electrons. The zero-order valence-electron chi connectivity index (χ0n) is 12.6. The molecule has 8 heteroatoms. The quantitative estimate of drug-likeness (QED) is 0.449. The molecule has 0 radical (unpaired) electrons. The molecule has 0 fully saturated rings. The van der Waals surface area contributed by atoms with Crippen LogP contribution in [0.5, 0.6) is 5.75 Å². The van der Waals surface area contributed by atoms with Gasteiger partial charge in [0.05, 0.1) is 14.9 Å². The first-order valence-corrected chi connectivity index (χ1v) is 8.67. The number of aldehydes is 1. The Morgan fingerprint density at radius 2 is 1.80 bits per heavy atom. The second kappa shape index (κ2) is 7.04. The van der Waals surface area contributed by atoms with E-state index in [0.29, 0.717) is 11.2 Å². The van der Waals surface area contributed by atoms with Crippen molar-refractivity contribution in [3.05, 3.63) is 62.9 Å². The summed E-state index contributed by atoms with van der Waals surface area (Å²) < 4.78 is 1.18. The van der Waals surface area contributed by atoms with Crippen molar-refractivity contribution in [2.75, 3.05) is 0 Å². The number of rotatable bonds is 3. The summed E-state index contributed by atoms with van der Waals surface area (Å²) in [7, 11) is 0. The summed E-state index contributed by atoms with van der Waals surface area (Å²) in [5, 5.41) is 10.6. The number of fused-ring (bicyclic) bond motifs is 1. The highest BCUT2D eigenvalue weighted by Gasteiger charge is 2.15. The van der Waals surface area contributed by atoms with Gasteiger partial charge in [-0.1, -0.05) is 18.2 Å². The Bertz CT molecular complexity index is 966. The van der Waals surface area contributed by atoms with Crippen LogP contribution in [0.4, 0.5) is 0 Å². The van der Waals surface area contributed by atoms with Gasteiger partial charge in [0.25, 0.3) is 11.8 Å². The molecule has 0 aliphatic carbocycles. The molecule has 3 N–H and O–H groups in total. The van der Waals surface area contributed by atoms with Gasteiger partial charge in [0.1, 0.15) is 5.75 Å². The van der Waals surface area contributed by atoms with Crippen molar-refractivity contribution in [1.82, 2.24) is 10.9 Å². The number of aromatic hydroxyl groups is 1. The highest BCUT2D eigenvalue weighted by Crippen LogP contribution is 2.28. The molecule has 1 heterocycles. The van der Waals surface area contributed by atoms with E-state index in [-0.39, 0.29) is 21.3 Å². The van der Waals surface area contributed by atoms with E-state index in [4.69, 9.17) is 0 Å². The minimum absolute atomic E-state index is 0.0321. The average Bonchev–Trinajstić information content (AvgIpc) is 3.05. The summed E-state index contributed by atoms with van der Waals surface area (Å²) in [5.41, 5.74) is 4.71. The van der Waals surface area contributed by atoms with Crippen molar-refractivity contribution in [3.63, 3.8) is 0 Å². The highest BCUT2D eigenvalue weighted by molar-refractivity contribution is 9.10. The maximum Gasteiger partial charge on any atom is 0.279 e. The van der Waals surface area contributed by atoms with E-state index in [2.05, 4.69) is 26.8 Å². The third kappa shape index (κ3) is 3.54. The molecule has 0 aliphatic rings.